The highest BCUT2D eigenvalue weighted by atomic mass is 32.1. The average Bonchev–Trinajstić information content (AvgIpc) is 3.36. The van der Waals surface area contributed by atoms with E-state index in [1.54, 1.807) is 30.2 Å². The summed E-state index contributed by atoms with van der Waals surface area (Å²) in [6.45, 7) is 1.94. The number of aryl methyl sites for hydroxylation is 1. The van der Waals surface area contributed by atoms with Crippen LogP contribution in [0.3, 0.4) is 0 Å². The van der Waals surface area contributed by atoms with Crippen molar-refractivity contribution in [1.29, 1.82) is 0 Å². The van der Waals surface area contributed by atoms with Crippen LogP contribution in [0.25, 0.3) is 32.8 Å². The highest BCUT2D eigenvalue weighted by molar-refractivity contribution is 7.12. The van der Waals surface area contributed by atoms with Crippen LogP contribution in [0.4, 0.5) is 0 Å². The molecule has 0 atom stereocenters. The number of hydrogen-bond donors (Lipinski definition) is 0. The number of ether oxygens (including phenoxy) is 1. The molecule has 28 heavy (non-hydrogen) atoms. The van der Waals surface area contributed by atoms with Crippen molar-refractivity contribution in [3.8, 4) is 22.0 Å². The summed E-state index contributed by atoms with van der Waals surface area (Å²) in [6, 6.07) is 9.65. The molecule has 0 aliphatic carbocycles. The zero-order chi connectivity index (χ0) is 19.3. The first-order chi connectivity index (χ1) is 13.7. The van der Waals surface area contributed by atoms with Gasteiger partial charge in [-0.15, -0.1) is 11.3 Å². The summed E-state index contributed by atoms with van der Waals surface area (Å²) < 4.78 is 8.50. The van der Waals surface area contributed by atoms with Crippen LogP contribution in [0.1, 0.15) is 5.69 Å². The Bertz CT molecular complexity index is 1370. The topological polar surface area (TPSA) is 74.3 Å². The molecular formula is C20H15N5O2S. The Kier molecular flexibility index (Phi) is 3.73. The summed E-state index contributed by atoms with van der Waals surface area (Å²) in [5, 5.41) is 7.62. The van der Waals surface area contributed by atoms with Crippen LogP contribution in [0.15, 0.2) is 59.1 Å². The third-order valence-corrected chi connectivity index (χ3v) is 5.46. The fourth-order valence-electron chi connectivity index (χ4n) is 3.36. The molecule has 0 unspecified atom stereocenters. The van der Waals surface area contributed by atoms with Crippen LogP contribution in [0, 0.1) is 6.92 Å². The maximum Gasteiger partial charge on any atom is 0.267 e. The van der Waals surface area contributed by atoms with E-state index in [1.807, 2.05) is 42.6 Å². The standard InChI is InChI=1S/C20H15N5O2S/c1-12-17(13-3-5-14(27-2)6-4-13)18-22-11-15-16(25(18)23-12)7-9-24(19(15)26)20-21-8-10-28-20/h3-11H,1-2H3. The van der Waals surface area contributed by atoms with E-state index >= 15 is 0 Å². The molecule has 8 heteroatoms. The number of rotatable bonds is 3. The van der Waals surface area contributed by atoms with Crippen molar-refractivity contribution < 1.29 is 4.74 Å². The van der Waals surface area contributed by atoms with Gasteiger partial charge in [-0.05, 0) is 30.7 Å². The number of fused-ring (bicyclic) bond motifs is 3. The zero-order valence-electron chi connectivity index (χ0n) is 15.2. The Labute approximate surface area is 163 Å². The van der Waals surface area contributed by atoms with Crippen molar-refractivity contribution in [1.82, 2.24) is 24.1 Å². The normalized spacial score (nSPS) is 11.4. The van der Waals surface area contributed by atoms with Gasteiger partial charge in [0.25, 0.3) is 5.56 Å². The van der Waals surface area contributed by atoms with Crippen molar-refractivity contribution in [3.05, 3.63) is 70.4 Å². The van der Waals surface area contributed by atoms with Crippen LogP contribution in [-0.4, -0.2) is 31.3 Å². The molecule has 0 saturated heterocycles. The molecule has 1 aromatic carbocycles. The number of aromatic nitrogens is 5. The Morgan fingerprint density at radius 1 is 1.11 bits per heavy atom. The molecule has 4 aromatic heterocycles. The van der Waals surface area contributed by atoms with Gasteiger partial charge in [0.15, 0.2) is 10.8 Å². The third-order valence-electron chi connectivity index (χ3n) is 4.69. The molecule has 0 saturated carbocycles. The van der Waals surface area contributed by atoms with Crippen molar-refractivity contribution in [2.45, 2.75) is 6.92 Å². The third kappa shape index (κ3) is 2.42. The van der Waals surface area contributed by atoms with Crippen molar-refractivity contribution in [2.24, 2.45) is 0 Å². The van der Waals surface area contributed by atoms with E-state index in [0.717, 1.165) is 22.6 Å². The van der Waals surface area contributed by atoms with E-state index in [0.29, 0.717) is 21.7 Å². The Morgan fingerprint density at radius 3 is 2.64 bits per heavy atom. The zero-order valence-corrected chi connectivity index (χ0v) is 16.0. The fourth-order valence-corrected chi connectivity index (χ4v) is 3.98. The molecule has 0 amide bonds. The molecule has 5 aromatic rings. The van der Waals surface area contributed by atoms with Gasteiger partial charge in [-0.2, -0.15) is 5.10 Å². The molecule has 0 spiro atoms. The van der Waals surface area contributed by atoms with Gasteiger partial charge in [0, 0.05) is 29.5 Å². The van der Waals surface area contributed by atoms with Crippen LogP contribution in [0.2, 0.25) is 0 Å². The second-order valence-electron chi connectivity index (χ2n) is 6.29. The minimum absolute atomic E-state index is 0.166. The largest absolute Gasteiger partial charge is 0.497 e. The fraction of sp³-hybridized carbons (Fsp3) is 0.100. The lowest BCUT2D eigenvalue weighted by atomic mass is 10.1. The second-order valence-corrected chi connectivity index (χ2v) is 7.16. The molecule has 5 rings (SSSR count). The first-order valence-electron chi connectivity index (χ1n) is 8.61. The van der Waals surface area contributed by atoms with E-state index < -0.39 is 0 Å². The summed E-state index contributed by atoms with van der Waals surface area (Å²) in [5.74, 6) is 0.791. The lowest BCUT2D eigenvalue weighted by Gasteiger charge is -2.06. The molecule has 138 valence electrons. The summed E-state index contributed by atoms with van der Waals surface area (Å²) in [7, 11) is 1.64. The quantitative estimate of drug-likeness (QED) is 0.472. The van der Waals surface area contributed by atoms with Crippen LogP contribution < -0.4 is 10.3 Å². The van der Waals surface area contributed by atoms with Crippen molar-refractivity contribution >= 4 is 27.9 Å². The van der Waals surface area contributed by atoms with Gasteiger partial charge in [0.2, 0.25) is 0 Å². The predicted molar refractivity (Wildman–Crippen MR) is 108 cm³/mol. The number of thiazole rings is 1. The van der Waals surface area contributed by atoms with Crippen LogP contribution >= 0.6 is 11.3 Å². The second kappa shape index (κ2) is 6.28. The number of hydrogen-bond acceptors (Lipinski definition) is 6. The van der Waals surface area contributed by atoms with Gasteiger partial charge in [0.1, 0.15) is 5.75 Å². The van der Waals surface area contributed by atoms with E-state index in [-0.39, 0.29) is 5.56 Å². The molecule has 0 radical (unpaired) electrons. The van der Waals surface area contributed by atoms with Gasteiger partial charge < -0.3 is 4.74 Å². The summed E-state index contributed by atoms with van der Waals surface area (Å²) in [5.41, 5.74) is 4.03. The molecule has 0 fully saturated rings. The molecule has 7 nitrogen and oxygen atoms in total. The lowest BCUT2D eigenvalue weighted by molar-refractivity contribution is 0.415. The summed E-state index contributed by atoms with van der Waals surface area (Å²) in [4.78, 5) is 21.7. The number of methoxy groups -OCH3 is 1. The molecule has 0 bridgehead atoms. The van der Waals surface area contributed by atoms with Crippen molar-refractivity contribution in [2.75, 3.05) is 7.11 Å². The Morgan fingerprint density at radius 2 is 1.93 bits per heavy atom. The molecule has 0 aliphatic heterocycles. The molecule has 4 heterocycles. The lowest BCUT2D eigenvalue weighted by Crippen LogP contribution is -2.18. The highest BCUT2D eigenvalue weighted by Gasteiger charge is 2.17. The van der Waals surface area contributed by atoms with E-state index in [2.05, 4.69) is 15.1 Å². The number of nitrogens with zero attached hydrogens (tertiary/aromatic N) is 5. The number of benzene rings is 1. The maximum absolute atomic E-state index is 12.9. The van der Waals surface area contributed by atoms with Gasteiger partial charge >= 0.3 is 0 Å². The van der Waals surface area contributed by atoms with Gasteiger partial charge in [-0.3, -0.25) is 9.36 Å². The van der Waals surface area contributed by atoms with E-state index in [4.69, 9.17) is 4.74 Å². The average molecular weight is 389 g/mol. The minimum Gasteiger partial charge on any atom is -0.497 e. The Hall–Kier alpha value is -3.52. The summed E-state index contributed by atoms with van der Waals surface area (Å²) in [6.07, 6.45) is 5.02. The van der Waals surface area contributed by atoms with E-state index in [1.165, 1.54) is 15.9 Å². The maximum atomic E-state index is 12.9. The smallest absolute Gasteiger partial charge is 0.267 e. The first-order valence-corrected chi connectivity index (χ1v) is 9.49. The van der Waals surface area contributed by atoms with Gasteiger partial charge in [-0.25, -0.2) is 14.5 Å². The van der Waals surface area contributed by atoms with Crippen LogP contribution in [0.5, 0.6) is 5.75 Å². The van der Waals surface area contributed by atoms with Crippen molar-refractivity contribution in [3.63, 3.8) is 0 Å². The Balaban J connectivity index is 1.75. The summed E-state index contributed by atoms with van der Waals surface area (Å²) >= 11 is 1.41. The first kappa shape index (κ1) is 16.6. The van der Waals surface area contributed by atoms with Gasteiger partial charge in [0.05, 0.1) is 23.7 Å². The van der Waals surface area contributed by atoms with E-state index in [9.17, 15) is 4.79 Å². The predicted octanol–water partition coefficient (Wildman–Crippen LogP) is 3.47. The highest BCUT2D eigenvalue weighted by Crippen LogP contribution is 2.30. The van der Waals surface area contributed by atoms with Crippen LogP contribution in [-0.2, 0) is 0 Å². The SMILES string of the molecule is COc1ccc(-c2c(C)nn3c2ncc2c(=O)n(-c4nccs4)ccc23)cc1. The molecular weight excluding hydrogens is 374 g/mol. The molecule has 0 aliphatic rings. The minimum atomic E-state index is -0.166. The number of pyridine rings is 1. The van der Waals surface area contributed by atoms with Gasteiger partial charge in [-0.1, -0.05) is 12.1 Å². The monoisotopic (exact) mass is 389 g/mol. The molecule has 0 N–H and O–H groups in total.